The van der Waals surface area contributed by atoms with Crippen molar-refractivity contribution in [3.63, 3.8) is 0 Å². The van der Waals surface area contributed by atoms with Crippen molar-refractivity contribution >= 4 is 23.1 Å². The van der Waals surface area contributed by atoms with E-state index in [1.165, 1.54) is 5.69 Å². The Bertz CT molecular complexity index is 779. The highest BCUT2D eigenvalue weighted by atomic mass is 16.5. The van der Waals surface area contributed by atoms with E-state index < -0.39 is 0 Å². The summed E-state index contributed by atoms with van der Waals surface area (Å²) < 4.78 is 5.43. The third kappa shape index (κ3) is 6.06. The van der Waals surface area contributed by atoms with Gasteiger partial charge in [0.25, 0.3) is 0 Å². The molecule has 7 nitrogen and oxygen atoms in total. The lowest BCUT2D eigenvalue weighted by molar-refractivity contribution is 0.122. The number of nitrogens with one attached hydrogen (secondary N) is 2. The molecule has 1 fully saturated rings. The summed E-state index contributed by atoms with van der Waals surface area (Å²) in [5.41, 5.74) is 3.24. The molecule has 1 aromatic heterocycles. The maximum absolute atomic E-state index is 5.43. The van der Waals surface area contributed by atoms with Crippen molar-refractivity contribution in [1.82, 2.24) is 14.9 Å². The molecule has 1 aromatic carbocycles. The zero-order valence-electron chi connectivity index (χ0n) is 19.0. The number of rotatable bonds is 9. The van der Waals surface area contributed by atoms with Crippen LogP contribution in [0.25, 0.3) is 0 Å². The van der Waals surface area contributed by atoms with Crippen molar-refractivity contribution in [2.45, 2.75) is 46.7 Å². The summed E-state index contributed by atoms with van der Waals surface area (Å²) in [5, 5.41) is 6.80. The molecular weight excluding hydrogens is 376 g/mol. The fraction of sp³-hybridized carbons (Fsp3) is 0.565. The lowest BCUT2D eigenvalue weighted by Gasteiger charge is -2.30. The van der Waals surface area contributed by atoms with Crippen molar-refractivity contribution in [3.8, 4) is 0 Å². The van der Waals surface area contributed by atoms with Crippen molar-refractivity contribution in [1.29, 1.82) is 0 Å². The van der Waals surface area contributed by atoms with Crippen molar-refractivity contribution in [2.75, 3.05) is 54.9 Å². The summed E-state index contributed by atoms with van der Waals surface area (Å²) >= 11 is 0. The molecule has 0 unspecified atom stereocenters. The molecule has 0 amide bonds. The predicted octanol–water partition coefficient (Wildman–Crippen LogP) is 3.90. The van der Waals surface area contributed by atoms with Crippen LogP contribution in [0.4, 0.5) is 23.1 Å². The van der Waals surface area contributed by atoms with Gasteiger partial charge in [0.2, 0.25) is 5.95 Å². The number of anilines is 4. The number of aromatic nitrogens is 2. The van der Waals surface area contributed by atoms with E-state index in [1.807, 2.05) is 13.1 Å². The van der Waals surface area contributed by atoms with Gasteiger partial charge in [-0.25, -0.2) is 4.98 Å². The van der Waals surface area contributed by atoms with Crippen LogP contribution in [0.15, 0.2) is 30.5 Å². The summed E-state index contributed by atoms with van der Waals surface area (Å²) in [4.78, 5) is 13.9. The van der Waals surface area contributed by atoms with E-state index >= 15 is 0 Å². The van der Waals surface area contributed by atoms with E-state index in [9.17, 15) is 0 Å². The minimum Gasteiger partial charge on any atom is -0.378 e. The lowest BCUT2D eigenvalue weighted by atomic mass is 10.2. The standard InChI is InChI=1S/C23H36N6O/c1-17(2)29(18(3)4)11-10-24-22-19(5)16-25-23(27-22)26-20-6-8-21(9-7-20)28-12-14-30-15-13-28/h6-9,16-18H,10-15H2,1-5H3,(H2,24,25,26,27). The summed E-state index contributed by atoms with van der Waals surface area (Å²) in [6.45, 7) is 16.3. The molecule has 2 heterocycles. The molecule has 0 radical (unpaired) electrons. The Hall–Kier alpha value is -2.38. The molecular formula is C23H36N6O. The molecule has 1 aliphatic heterocycles. The number of hydrogen-bond acceptors (Lipinski definition) is 7. The summed E-state index contributed by atoms with van der Waals surface area (Å²) in [6.07, 6.45) is 1.86. The van der Waals surface area contributed by atoms with Crippen LogP contribution >= 0.6 is 0 Å². The highest BCUT2D eigenvalue weighted by Gasteiger charge is 2.13. The largest absolute Gasteiger partial charge is 0.378 e. The number of hydrogen-bond donors (Lipinski definition) is 2. The highest BCUT2D eigenvalue weighted by molar-refractivity contribution is 5.60. The summed E-state index contributed by atoms with van der Waals surface area (Å²) in [5.74, 6) is 1.48. The van der Waals surface area contributed by atoms with Crippen LogP contribution in [0.1, 0.15) is 33.3 Å². The number of morpholine rings is 1. The minimum absolute atomic E-state index is 0.524. The second-order valence-corrected chi connectivity index (χ2v) is 8.35. The van der Waals surface area contributed by atoms with Gasteiger partial charge in [-0.2, -0.15) is 4.98 Å². The van der Waals surface area contributed by atoms with E-state index in [4.69, 9.17) is 4.74 Å². The van der Waals surface area contributed by atoms with E-state index in [0.717, 1.165) is 56.5 Å². The number of benzene rings is 1. The smallest absolute Gasteiger partial charge is 0.229 e. The third-order valence-corrected chi connectivity index (χ3v) is 5.46. The molecule has 3 rings (SSSR count). The first-order chi connectivity index (χ1) is 14.4. The molecule has 30 heavy (non-hydrogen) atoms. The van der Waals surface area contributed by atoms with Gasteiger partial charge in [-0.15, -0.1) is 0 Å². The van der Waals surface area contributed by atoms with Crippen LogP contribution in [-0.2, 0) is 4.74 Å². The fourth-order valence-electron chi connectivity index (χ4n) is 3.80. The maximum atomic E-state index is 5.43. The van der Waals surface area contributed by atoms with Gasteiger partial charge >= 0.3 is 0 Å². The van der Waals surface area contributed by atoms with Crippen LogP contribution in [0.2, 0.25) is 0 Å². The number of aryl methyl sites for hydroxylation is 1. The normalized spacial score (nSPS) is 14.6. The van der Waals surface area contributed by atoms with E-state index in [1.54, 1.807) is 0 Å². The first kappa shape index (κ1) is 22.3. The minimum atomic E-state index is 0.524. The molecule has 0 spiro atoms. The van der Waals surface area contributed by atoms with Gasteiger partial charge in [0, 0.05) is 61.4 Å². The lowest BCUT2D eigenvalue weighted by Crippen LogP contribution is -2.40. The van der Waals surface area contributed by atoms with Gasteiger partial charge in [-0.1, -0.05) is 0 Å². The highest BCUT2D eigenvalue weighted by Crippen LogP contribution is 2.22. The Balaban J connectivity index is 1.59. The quantitative estimate of drug-likeness (QED) is 0.648. The van der Waals surface area contributed by atoms with Gasteiger partial charge in [-0.3, -0.25) is 4.90 Å². The molecule has 164 valence electrons. The molecule has 0 atom stereocenters. The Morgan fingerprint density at radius 1 is 1.07 bits per heavy atom. The number of ether oxygens (including phenoxy) is 1. The predicted molar refractivity (Wildman–Crippen MR) is 125 cm³/mol. The van der Waals surface area contributed by atoms with Crippen LogP contribution in [0.3, 0.4) is 0 Å². The third-order valence-electron chi connectivity index (χ3n) is 5.46. The van der Waals surface area contributed by atoms with Gasteiger partial charge in [0.15, 0.2) is 0 Å². The van der Waals surface area contributed by atoms with Crippen LogP contribution in [0, 0.1) is 6.92 Å². The van der Waals surface area contributed by atoms with E-state index in [-0.39, 0.29) is 0 Å². The molecule has 0 bridgehead atoms. The van der Waals surface area contributed by atoms with Gasteiger partial charge in [0.05, 0.1) is 13.2 Å². The number of nitrogens with zero attached hydrogens (tertiary/aromatic N) is 4. The Kier molecular flexibility index (Phi) is 7.87. The Morgan fingerprint density at radius 2 is 1.73 bits per heavy atom. The van der Waals surface area contributed by atoms with Crippen LogP contribution in [0.5, 0.6) is 0 Å². The molecule has 2 aromatic rings. The van der Waals surface area contributed by atoms with Crippen LogP contribution in [-0.4, -0.2) is 66.3 Å². The van der Waals surface area contributed by atoms with Gasteiger partial charge < -0.3 is 20.3 Å². The molecule has 0 saturated carbocycles. The second kappa shape index (κ2) is 10.6. The molecule has 0 aliphatic carbocycles. The second-order valence-electron chi connectivity index (χ2n) is 8.35. The van der Waals surface area contributed by atoms with E-state index in [0.29, 0.717) is 18.0 Å². The molecule has 2 N–H and O–H groups in total. The first-order valence-electron chi connectivity index (χ1n) is 11.0. The van der Waals surface area contributed by atoms with Gasteiger partial charge in [-0.05, 0) is 58.9 Å². The average molecular weight is 413 g/mol. The zero-order chi connectivity index (χ0) is 21.5. The van der Waals surface area contributed by atoms with Crippen molar-refractivity contribution in [2.24, 2.45) is 0 Å². The van der Waals surface area contributed by atoms with E-state index in [2.05, 4.69) is 82.4 Å². The summed E-state index contributed by atoms with van der Waals surface area (Å²) in [6, 6.07) is 9.46. The maximum Gasteiger partial charge on any atom is 0.229 e. The molecule has 1 saturated heterocycles. The Labute approximate surface area is 180 Å². The summed E-state index contributed by atoms with van der Waals surface area (Å²) in [7, 11) is 0. The molecule has 1 aliphatic rings. The topological polar surface area (TPSA) is 65.5 Å². The first-order valence-corrected chi connectivity index (χ1v) is 11.0. The monoisotopic (exact) mass is 412 g/mol. The van der Waals surface area contributed by atoms with Gasteiger partial charge in [0.1, 0.15) is 5.82 Å². The molecule has 7 heteroatoms. The van der Waals surface area contributed by atoms with Crippen molar-refractivity contribution < 1.29 is 4.74 Å². The fourth-order valence-corrected chi connectivity index (χ4v) is 3.80. The van der Waals surface area contributed by atoms with Crippen molar-refractivity contribution in [3.05, 3.63) is 36.0 Å². The SMILES string of the molecule is Cc1cnc(Nc2ccc(N3CCOCC3)cc2)nc1NCCN(C(C)C)C(C)C. The average Bonchev–Trinajstić information content (AvgIpc) is 2.74. The zero-order valence-corrected chi connectivity index (χ0v) is 19.0. The Morgan fingerprint density at radius 3 is 2.37 bits per heavy atom. The van der Waals surface area contributed by atoms with Crippen LogP contribution < -0.4 is 15.5 Å².